The number of nitrogens with one attached hydrogen (secondary N) is 1. The lowest BCUT2D eigenvalue weighted by atomic mass is 10.1. The summed E-state index contributed by atoms with van der Waals surface area (Å²) in [5.74, 6) is 0.311. The summed E-state index contributed by atoms with van der Waals surface area (Å²) in [5, 5.41) is 14.1. The molecule has 0 saturated heterocycles. The molecule has 2 rings (SSSR count). The van der Waals surface area contributed by atoms with Crippen molar-refractivity contribution in [2.75, 3.05) is 20.8 Å². The zero-order valence-corrected chi connectivity index (χ0v) is 20.8. The molecular formula is C25H33N3O7. The Morgan fingerprint density at radius 3 is 2.23 bits per heavy atom. The predicted molar refractivity (Wildman–Crippen MR) is 131 cm³/mol. The number of methoxy groups -OCH3 is 2. The third-order valence-corrected chi connectivity index (χ3v) is 5.61. The Kier molecular flexibility index (Phi) is 10.3. The van der Waals surface area contributed by atoms with Gasteiger partial charge in [0.05, 0.1) is 19.1 Å². The van der Waals surface area contributed by atoms with Crippen LogP contribution in [0.25, 0.3) is 0 Å². The lowest BCUT2D eigenvalue weighted by molar-refractivity contribution is -0.385. The summed E-state index contributed by atoms with van der Waals surface area (Å²) in [5.41, 5.74) is 0.617. The number of carbonyl (C=O) groups is 2. The Balaban J connectivity index is 2.25. The monoisotopic (exact) mass is 487 g/mol. The van der Waals surface area contributed by atoms with Crippen LogP contribution in [0.15, 0.2) is 42.5 Å². The molecule has 0 aliphatic rings. The van der Waals surface area contributed by atoms with Crippen molar-refractivity contribution in [3.63, 3.8) is 0 Å². The number of rotatable bonds is 13. The maximum atomic E-state index is 13.3. The second-order valence-electron chi connectivity index (χ2n) is 7.99. The van der Waals surface area contributed by atoms with Gasteiger partial charge in [-0.3, -0.25) is 19.7 Å². The predicted octanol–water partition coefficient (Wildman–Crippen LogP) is 3.71. The molecule has 0 unspecified atom stereocenters. The molecule has 35 heavy (non-hydrogen) atoms. The van der Waals surface area contributed by atoms with Crippen LogP contribution in [0.2, 0.25) is 0 Å². The van der Waals surface area contributed by atoms with Crippen molar-refractivity contribution in [2.24, 2.45) is 0 Å². The number of ether oxygens (including phenoxy) is 3. The van der Waals surface area contributed by atoms with Gasteiger partial charge >= 0.3 is 5.69 Å². The van der Waals surface area contributed by atoms with E-state index in [0.29, 0.717) is 12.2 Å². The average Bonchev–Trinajstić information content (AvgIpc) is 2.86. The van der Waals surface area contributed by atoms with Crippen molar-refractivity contribution >= 4 is 17.5 Å². The highest BCUT2D eigenvalue weighted by atomic mass is 16.6. The summed E-state index contributed by atoms with van der Waals surface area (Å²) in [6, 6.07) is 10.5. The lowest BCUT2D eigenvalue weighted by Gasteiger charge is -2.31. The number of nitro groups is 1. The van der Waals surface area contributed by atoms with E-state index in [9.17, 15) is 19.7 Å². The minimum atomic E-state index is -0.700. The minimum absolute atomic E-state index is 0.0226. The molecule has 0 aliphatic heterocycles. The number of hydrogen-bond donors (Lipinski definition) is 1. The number of amides is 2. The number of carbonyl (C=O) groups excluding carboxylic acids is 2. The molecule has 2 amide bonds. The first-order valence-corrected chi connectivity index (χ1v) is 11.4. The van der Waals surface area contributed by atoms with Crippen molar-refractivity contribution in [1.29, 1.82) is 0 Å². The fourth-order valence-electron chi connectivity index (χ4n) is 3.41. The molecule has 0 aromatic heterocycles. The first-order valence-electron chi connectivity index (χ1n) is 11.4. The highest BCUT2D eigenvalue weighted by Gasteiger charge is 2.29. The van der Waals surface area contributed by atoms with Crippen molar-refractivity contribution in [2.45, 2.75) is 52.2 Å². The molecule has 10 heteroatoms. The van der Waals surface area contributed by atoms with Crippen LogP contribution in [0.4, 0.5) is 5.69 Å². The lowest BCUT2D eigenvalue weighted by Crippen LogP contribution is -2.51. The fraction of sp³-hybridized carbons (Fsp3) is 0.440. The molecule has 0 heterocycles. The van der Waals surface area contributed by atoms with Gasteiger partial charge in [-0.1, -0.05) is 26.0 Å². The first kappa shape index (κ1) is 27.4. The molecule has 0 spiro atoms. The summed E-state index contributed by atoms with van der Waals surface area (Å²) < 4.78 is 15.9. The Morgan fingerprint density at radius 2 is 1.69 bits per heavy atom. The van der Waals surface area contributed by atoms with E-state index in [2.05, 4.69) is 5.32 Å². The van der Waals surface area contributed by atoms with E-state index in [1.54, 1.807) is 19.2 Å². The van der Waals surface area contributed by atoms with E-state index >= 15 is 0 Å². The zero-order valence-electron chi connectivity index (χ0n) is 20.8. The van der Waals surface area contributed by atoms with Gasteiger partial charge in [-0.25, -0.2) is 0 Å². The average molecular weight is 488 g/mol. The van der Waals surface area contributed by atoms with E-state index in [0.717, 1.165) is 12.0 Å². The van der Waals surface area contributed by atoms with Gasteiger partial charge in [-0.05, 0) is 43.5 Å². The second-order valence-corrected chi connectivity index (χ2v) is 7.99. The molecule has 0 fully saturated rings. The standard InChI is InChI=1S/C25H33N3O7/c1-6-17(3)26-25(30)21(7-2)27(15-18-8-10-19(33-4)11-9-18)24(29)16-35-20-12-13-22(28(31)32)23(14-20)34-5/h8-14,17,21H,6-7,15-16H2,1-5H3,(H,26,30)/t17-,21+/m1/s1. The molecule has 1 N–H and O–H groups in total. The van der Waals surface area contributed by atoms with Crippen LogP contribution in [0.3, 0.4) is 0 Å². The quantitative estimate of drug-likeness (QED) is 0.338. The molecule has 2 aromatic carbocycles. The Labute approximate surface area is 205 Å². The Hall–Kier alpha value is -3.82. The molecule has 0 bridgehead atoms. The molecule has 10 nitrogen and oxygen atoms in total. The number of hydrogen-bond acceptors (Lipinski definition) is 7. The van der Waals surface area contributed by atoms with Crippen molar-refractivity contribution in [3.05, 3.63) is 58.1 Å². The first-order chi connectivity index (χ1) is 16.7. The van der Waals surface area contributed by atoms with Gasteiger partial charge in [-0.2, -0.15) is 0 Å². The van der Waals surface area contributed by atoms with Crippen LogP contribution in [0.1, 0.15) is 39.2 Å². The molecule has 2 aromatic rings. The van der Waals surface area contributed by atoms with Crippen LogP contribution in [-0.4, -0.2) is 54.5 Å². The van der Waals surface area contributed by atoms with Gasteiger partial charge in [0, 0.05) is 24.7 Å². The van der Waals surface area contributed by atoms with Gasteiger partial charge < -0.3 is 24.4 Å². The highest BCUT2D eigenvalue weighted by molar-refractivity contribution is 5.88. The number of nitro benzene ring substituents is 1. The van der Waals surface area contributed by atoms with Gasteiger partial charge in [-0.15, -0.1) is 0 Å². The summed E-state index contributed by atoms with van der Waals surface area (Å²) in [6.45, 7) is 5.56. The van der Waals surface area contributed by atoms with Crippen LogP contribution in [0, 0.1) is 10.1 Å². The largest absolute Gasteiger partial charge is 0.497 e. The topological polar surface area (TPSA) is 120 Å². The van der Waals surface area contributed by atoms with E-state index in [1.807, 2.05) is 32.9 Å². The maximum absolute atomic E-state index is 13.3. The molecular weight excluding hydrogens is 454 g/mol. The molecule has 0 aliphatic carbocycles. The number of benzene rings is 2. The number of nitrogens with zero attached hydrogens (tertiary/aromatic N) is 2. The third kappa shape index (κ3) is 7.59. The Morgan fingerprint density at radius 1 is 1.03 bits per heavy atom. The van der Waals surface area contributed by atoms with Gasteiger partial charge in [0.1, 0.15) is 17.5 Å². The summed E-state index contributed by atoms with van der Waals surface area (Å²) in [4.78, 5) is 38.3. The van der Waals surface area contributed by atoms with Crippen molar-refractivity contribution < 1.29 is 28.7 Å². The van der Waals surface area contributed by atoms with Crippen LogP contribution >= 0.6 is 0 Å². The maximum Gasteiger partial charge on any atom is 0.311 e. The zero-order chi connectivity index (χ0) is 26.0. The highest BCUT2D eigenvalue weighted by Crippen LogP contribution is 2.30. The van der Waals surface area contributed by atoms with E-state index in [1.165, 1.54) is 30.2 Å². The van der Waals surface area contributed by atoms with Crippen molar-refractivity contribution in [1.82, 2.24) is 10.2 Å². The Bertz CT molecular complexity index is 1010. The van der Waals surface area contributed by atoms with Crippen LogP contribution in [0.5, 0.6) is 17.2 Å². The SMILES string of the molecule is CC[C@@H](C)NC(=O)[C@H](CC)N(Cc1ccc(OC)cc1)C(=O)COc1ccc([N+](=O)[O-])c(OC)c1. The summed E-state index contributed by atoms with van der Waals surface area (Å²) in [7, 11) is 2.89. The molecule has 0 radical (unpaired) electrons. The molecule has 2 atom stereocenters. The smallest absolute Gasteiger partial charge is 0.311 e. The molecule has 0 saturated carbocycles. The van der Waals surface area contributed by atoms with Gasteiger partial charge in [0.2, 0.25) is 11.7 Å². The minimum Gasteiger partial charge on any atom is -0.497 e. The fourth-order valence-corrected chi connectivity index (χ4v) is 3.41. The van der Waals surface area contributed by atoms with Crippen LogP contribution in [-0.2, 0) is 16.1 Å². The van der Waals surface area contributed by atoms with E-state index < -0.39 is 16.9 Å². The normalized spacial score (nSPS) is 12.3. The van der Waals surface area contributed by atoms with Crippen molar-refractivity contribution in [3.8, 4) is 17.2 Å². The third-order valence-electron chi connectivity index (χ3n) is 5.61. The van der Waals surface area contributed by atoms with Crippen LogP contribution < -0.4 is 19.5 Å². The van der Waals surface area contributed by atoms with Gasteiger partial charge in [0.15, 0.2) is 6.61 Å². The van der Waals surface area contributed by atoms with Gasteiger partial charge in [0.25, 0.3) is 5.91 Å². The van der Waals surface area contributed by atoms with E-state index in [4.69, 9.17) is 14.2 Å². The molecule has 190 valence electrons. The summed E-state index contributed by atoms with van der Waals surface area (Å²) in [6.07, 6.45) is 1.18. The summed E-state index contributed by atoms with van der Waals surface area (Å²) >= 11 is 0. The van der Waals surface area contributed by atoms with E-state index in [-0.39, 0.29) is 42.3 Å². The second kappa shape index (κ2) is 13.2.